The molecule has 0 radical (unpaired) electrons. The van der Waals surface area contributed by atoms with Crippen LogP contribution in [0.25, 0.3) is 11.0 Å². The number of hydrogen-bond acceptors (Lipinski definition) is 7. The van der Waals surface area contributed by atoms with Gasteiger partial charge in [0.15, 0.2) is 0 Å². The summed E-state index contributed by atoms with van der Waals surface area (Å²) in [5.41, 5.74) is 3.33. The van der Waals surface area contributed by atoms with Crippen LogP contribution in [-0.2, 0) is 17.8 Å². The molecule has 1 atom stereocenters. The zero-order valence-corrected chi connectivity index (χ0v) is 20.3. The van der Waals surface area contributed by atoms with Crippen molar-refractivity contribution in [3.8, 4) is 5.75 Å². The number of carbonyl (C=O) groups excluding carboxylic acids is 2. The Morgan fingerprint density at radius 3 is 2.50 bits per heavy atom. The fraction of sp³-hybridized carbons (Fsp3) is 0.440. The zero-order valence-electron chi connectivity index (χ0n) is 19.5. The lowest BCUT2D eigenvalue weighted by Crippen LogP contribution is -2.53. The molecule has 2 aromatic carbocycles. The molecule has 3 amide bonds. The van der Waals surface area contributed by atoms with Gasteiger partial charge in [-0.05, 0) is 80.6 Å². The molecule has 8 nitrogen and oxygen atoms in total. The van der Waals surface area contributed by atoms with Crippen LogP contribution in [0.2, 0.25) is 0 Å². The van der Waals surface area contributed by atoms with Crippen molar-refractivity contribution in [1.82, 2.24) is 23.9 Å². The van der Waals surface area contributed by atoms with E-state index in [0.717, 1.165) is 54.8 Å². The minimum atomic E-state index is -0.839. The quantitative estimate of drug-likeness (QED) is 0.522. The second-order valence-corrected chi connectivity index (χ2v) is 9.85. The van der Waals surface area contributed by atoms with Gasteiger partial charge in [-0.1, -0.05) is 18.2 Å². The molecule has 1 N–H and O–H groups in total. The molecule has 0 saturated carbocycles. The standard InChI is InChI=1S/C25H29N5O3S/c1-25(23(31)30(24(32)26-25)14-9-17-3-6-20(33-2)7-4-17)19-10-12-29(13-11-19)16-18-5-8-21-22(15-18)28-34-27-21/h3-8,15,19H,9-14,16H2,1-2H3,(H,26,32). The molecule has 1 aromatic heterocycles. The van der Waals surface area contributed by atoms with Crippen molar-refractivity contribution in [2.45, 2.75) is 38.3 Å². The third-order valence-electron chi connectivity index (χ3n) is 7.21. The van der Waals surface area contributed by atoms with Crippen molar-refractivity contribution < 1.29 is 14.3 Å². The second-order valence-electron chi connectivity index (χ2n) is 9.33. The number of urea groups is 1. The number of ether oxygens (including phenoxy) is 1. The number of methoxy groups -OCH3 is 1. The van der Waals surface area contributed by atoms with Crippen LogP contribution in [0.3, 0.4) is 0 Å². The fourth-order valence-corrected chi connectivity index (χ4v) is 5.60. The maximum Gasteiger partial charge on any atom is 0.325 e. The van der Waals surface area contributed by atoms with E-state index >= 15 is 0 Å². The highest BCUT2D eigenvalue weighted by Gasteiger charge is 2.52. The van der Waals surface area contributed by atoms with Gasteiger partial charge in [0.2, 0.25) is 0 Å². The summed E-state index contributed by atoms with van der Waals surface area (Å²) in [6, 6.07) is 13.7. The van der Waals surface area contributed by atoms with Crippen LogP contribution in [0.5, 0.6) is 5.75 Å². The highest BCUT2D eigenvalue weighted by molar-refractivity contribution is 7.00. The summed E-state index contributed by atoms with van der Waals surface area (Å²) >= 11 is 1.24. The Bertz CT molecular complexity index is 1190. The van der Waals surface area contributed by atoms with Crippen molar-refractivity contribution in [3.63, 3.8) is 0 Å². The molecule has 2 aliphatic rings. The smallest absolute Gasteiger partial charge is 0.325 e. The molecule has 9 heteroatoms. The number of aromatic nitrogens is 2. The van der Waals surface area contributed by atoms with E-state index in [2.05, 4.69) is 31.1 Å². The summed E-state index contributed by atoms with van der Waals surface area (Å²) in [7, 11) is 1.63. The number of amides is 3. The molecule has 0 aliphatic carbocycles. The van der Waals surface area contributed by atoms with Crippen LogP contribution in [-0.4, -0.2) is 62.8 Å². The molecule has 178 valence electrons. The van der Waals surface area contributed by atoms with Crippen LogP contribution in [0, 0.1) is 5.92 Å². The van der Waals surface area contributed by atoms with Gasteiger partial charge in [-0.25, -0.2) is 4.79 Å². The number of piperidine rings is 1. The lowest BCUT2D eigenvalue weighted by molar-refractivity contribution is -0.133. The van der Waals surface area contributed by atoms with Gasteiger partial charge < -0.3 is 10.1 Å². The zero-order chi connectivity index (χ0) is 23.7. The van der Waals surface area contributed by atoms with Gasteiger partial charge in [-0.15, -0.1) is 0 Å². The first kappa shape index (κ1) is 22.7. The first-order valence-corrected chi connectivity index (χ1v) is 12.4. The van der Waals surface area contributed by atoms with Crippen LogP contribution < -0.4 is 10.1 Å². The predicted octanol–water partition coefficient (Wildman–Crippen LogP) is 3.47. The molecule has 0 bridgehead atoms. The van der Waals surface area contributed by atoms with Crippen LogP contribution in [0.1, 0.15) is 30.9 Å². The number of rotatable bonds is 7. The Balaban J connectivity index is 1.17. The Morgan fingerprint density at radius 1 is 1.06 bits per heavy atom. The van der Waals surface area contributed by atoms with Gasteiger partial charge in [-0.2, -0.15) is 8.75 Å². The monoisotopic (exact) mass is 479 g/mol. The van der Waals surface area contributed by atoms with Gasteiger partial charge in [-0.3, -0.25) is 14.6 Å². The SMILES string of the molecule is COc1ccc(CCN2C(=O)NC(C)(C3CCN(Cc4ccc5nsnc5c4)CC3)C2=O)cc1. The molecule has 5 rings (SSSR count). The topological polar surface area (TPSA) is 87.7 Å². The first-order chi connectivity index (χ1) is 16.5. The molecule has 1 unspecified atom stereocenters. The first-order valence-electron chi connectivity index (χ1n) is 11.7. The Hall–Kier alpha value is -3.04. The molecule has 2 aliphatic heterocycles. The average molecular weight is 480 g/mol. The van der Waals surface area contributed by atoms with Gasteiger partial charge in [0.05, 0.1) is 18.8 Å². The van der Waals surface area contributed by atoms with E-state index in [1.54, 1.807) is 7.11 Å². The highest BCUT2D eigenvalue weighted by atomic mass is 32.1. The average Bonchev–Trinajstić information content (AvgIpc) is 3.40. The van der Waals surface area contributed by atoms with E-state index in [9.17, 15) is 9.59 Å². The number of benzene rings is 2. The maximum absolute atomic E-state index is 13.3. The summed E-state index contributed by atoms with van der Waals surface area (Å²) in [6.07, 6.45) is 2.36. The molecule has 34 heavy (non-hydrogen) atoms. The molecule has 2 fully saturated rings. The highest BCUT2D eigenvalue weighted by Crippen LogP contribution is 2.34. The normalized spacial score (nSPS) is 21.9. The maximum atomic E-state index is 13.3. The summed E-state index contributed by atoms with van der Waals surface area (Å²) in [5.74, 6) is 0.806. The minimum Gasteiger partial charge on any atom is -0.497 e. The molecule has 0 spiro atoms. The summed E-state index contributed by atoms with van der Waals surface area (Å²) in [4.78, 5) is 29.8. The number of carbonyl (C=O) groups is 2. The van der Waals surface area contributed by atoms with Gasteiger partial charge in [0.1, 0.15) is 22.3 Å². The summed E-state index contributed by atoms with van der Waals surface area (Å²) in [6.45, 7) is 4.90. The molecule has 3 aromatic rings. The second kappa shape index (κ2) is 9.31. The van der Waals surface area contributed by atoms with Crippen molar-refractivity contribution in [2.24, 2.45) is 5.92 Å². The van der Waals surface area contributed by atoms with Crippen LogP contribution in [0.15, 0.2) is 42.5 Å². The number of hydrogen-bond donors (Lipinski definition) is 1. The van der Waals surface area contributed by atoms with Crippen molar-refractivity contribution in [1.29, 1.82) is 0 Å². The van der Waals surface area contributed by atoms with E-state index in [0.29, 0.717) is 13.0 Å². The van der Waals surface area contributed by atoms with E-state index < -0.39 is 5.54 Å². The van der Waals surface area contributed by atoms with Crippen LogP contribution in [0.4, 0.5) is 4.79 Å². The number of imide groups is 1. The number of nitrogens with one attached hydrogen (secondary N) is 1. The molecular weight excluding hydrogens is 450 g/mol. The van der Waals surface area contributed by atoms with E-state index in [1.807, 2.05) is 37.3 Å². The largest absolute Gasteiger partial charge is 0.497 e. The number of likely N-dealkylation sites (tertiary alicyclic amines) is 1. The summed E-state index contributed by atoms with van der Waals surface area (Å²) in [5, 5.41) is 3.02. The lowest BCUT2D eigenvalue weighted by Gasteiger charge is -2.39. The summed E-state index contributed by atoms with van der Waals surface area (Å²) < 4.78 is 13.8. The lowest BCUT2D eigenvalue weighted by atomic mass is 9.79. The van der Waals surface area contributed by atoms with Crippen LogP contribution >= 0.6 is 11.7 Å². The third kappa shape index (κ3) is 4.37. The van der Waals surface area contributed by atoms with Crippen molar-refractivity contribution in [2.75, 3.05) is 26.7 Å². The van der Waals surface area contributed by atoms with E-state index in [4.69, 9.17) is 4.74 Å². The van der Waals surface area contributed by atoms with Crippen molar-refractivity contribution >= 4 is 34.7 Å². The number of fused-ring (bicyclic) bond motifs is 1. The molecule has 3 heterocycles. The molecular formula is C25H29N5O3S. The van der Waals surface area contributed by atoms with Gasteiger partial charge >= 0.3 is 6.03 Å². The predicted molar refractivity (Wildman–Crippen MR) is 131 cm³/mol. The van der Waals surface area contributed by atoms with Gasteiger partial charge in [0.25, 0.3) is 5.91 Å². The number of nitrogens with zero attached hydrogens (tertiary/aromatic N) is 4. The molecule has 2 saturated heterocycles. The third-order valence-corrected chi connectivity index (χ3v) is 7.77. The Labute approximate surface area is 203 Å². The van der Waals surface area contributed by atoms with Gasteiger partial charge in [0, 0.05) is 13.1 Å². The van der Waals surface area contributed by atoms with E-state index in [1.165, 1.54) is 22.2 Å². The van der Waals surface area contributed by atoms with E-state index in [-0.39, 0.29) is 17.9 Å². The minimum absolute atomic E-state index is 0.106. The Morgan fingerprint density at radius 2 is 1.76 bits per heavy atom. The van der Waals surface area contributed by atoms with Crippen molar-refractivity contribution in [3.05, 3.63) is 53.6 Å². The Kier molecular flexibility index (Phi) is 6.22. The fourth-order valence-electron chi connectivity index (χ4n) is 5.08.